The summed E-state index contributed by atoms with van der Waals surface area (Å²) >= 11 is 6.38. The molecular formula is C17H28ClNO. The Balaban J connectivity index is 3.02. The molecule has 0 aliphatic rings. The van der Waals surface area contributed by atoms with Crippen molar-refractivity contribution in [3.63, 3.8) is 0 Å². The van der Waals surface area contributed by atoms with Gasteiger partial charge in [0.1, 0.15) is 0 Å². The molecule has 0 aliphatic heterocycles. The van der Waals surface area contributed by atoms with E-state index in [9.17, 15) is 0 Å². The van der Waals surface area contributed by atoms with Crippen molar-refractivity contribution in [1.82, 2.24) is 5.32 Å². The highest BCUT2D eigenvalue weighted by atomic mass is 35.5. The molecule has 0 amide bonds. The van der Waals surface area contributed by atoms with E-state index >= 15 is 0 Å². The van der Waals surface area contributed by atoms with Gasteiger partial charge in [-0.05, 0) is 49.9 Å². The summed E-state index contributed by atoms with van der Waals surface area (Å²) in [6.45, 7) is 9.51. The van der Waals surface area contributed by atoms with Gasteiger partial charge in [0.25, 0.3) is 0 Å². The smallest absolute Gasteiger partial charge is 0.0828 e. The molecule has 3 heteroatoms. The number of likely N-dealkylation sites (N-methyl/N-ethyl adjacent to an activating group) is 1. The lowest BCUT2D eigenvalue weighted by atomic mass is 9.84. The lowest BCUT2D eigenvalue weighted by molar-refractivity contribution is -0.0468. The van der Waals surface area contributed by atoms with Gasteiger partial charge >= 0.3 is 0 Å². The van der Waals surface area contributed by atoms with E-state index in [1.54, 1.807) is 0 Å². The van der Waals surface area contributed by atoms with Crippen LogP contribution in [0.2, 0.25) is 5.02 Å². The van der Waals surface area contributed by atoms with Crippen LogP contribution in [0.5, 0.6) is 0 Å². The van der Waals surface area contributed by atoms with Gasteiger partial charge in [0.15, 0.2) is 0 Å². The third kappa shape index (κ3) is 3.97. The van der Waals surface area contributed by atoms with Gasteiger partial charge in [-0.1, -0.05) is 44.5 Å². The van der Waals surface area contributed by atoms with Crippen LogP contribution in [0, 0.1) is 6.92 Å². The summed E-state index contributed by atoms with van der Waals surface area (Å²) in [6, 6.07) is 6.56. The summed E-state index contributed by atoms with van der Waals surface area (Å²) in [4.78, 5) is 0. The molecule has 0 saturated heterocycles. The van der Waals surface area contributed by atoms with Crippen molar-refractivity contribution < 1.29 is 4.74 Å². The maximum Gasteiger partial charge on any atom is 0.0828 e. The average molecular weight is 298 g/mol. The molecule has 0 fully saturated rings. The first kappa shape index (κ1) is 17.5. The van der Waals surface area contributed by atoms with E-state index in [-0.39, 0.29) is 11.6 Å². The molecule has 0 saturated carbocycles. The number of halogens is 1. The zero-order valence-corrected chi connectivity index (χ0v) is 14.2. The number of rotatable bonds is 8. The van der Waals surface area contributed by atoms with E-state index in [0.717, 1.165) is 30.8 Å². The minimum atomic E-state index is -0.135. The van der Waals surface area contributed by atoms with Gasteiger partial charge in [-0.2, -0.15) is 0 Å². The number of benzene rings is 1. The second-order valence-electron chi connectivity index (χ2n) is 5.39. The van der Waals surface area contributed by atoms with Crippen LogP contribution in [0.15, 0.2) is 18.2 Å². The number of ether oxygens (including phenoxy) is 1. The topological polar surface area (TPSA) is 21.3 Å². The van der Waals surface area contributed by atoms with Gasteiger partial charge in [0, 0.05) is 18.2 Å². The minimum Gasteiger partial charge on any atom is -0.377 e. The second-order valence-corrected chi connectivity index (χ2v) is 5.79. The standard InChI is InChI=1S/C17H28ClNO/c1-6-17(7-2,20-5)16(19-8-3)12-14-10-9-13(4)11-15(14)18/h9-11,16,19H,6-8,12H2,1-5H3. The monoisotopic (exact) mass is 297 g/mol. The zero-order chi connectivity index (χ0) is 15.2. The third-order valence-electron chi connectivity index (χ3n) is 4.32. The van der Waals surface area contributed by atoms with Crippen LogP contribution in [0.3, 0.4) is 0 Å². The Morgan fingerprint density at radius 3 is 2.35 bits per heavy atom. The van der Waals surface area contributed by atoms with E-state index in [1.165, 1.54) is 11.1 Å². The van der Waals surface area contributed by atoms with E-state index in [1.807, 2.05) is 13.2 Å². The predicted octanol–water partition coefficient (Wildman–Crippen LogP) is 4.37. The molecular weight excluding hydrogens is 270 g/mol. The van der Waals surface area contributed by atoms with Crippen LogP contribution in [0.25, 0.3) is 0 Å². The molecule has 1 aromatic rings. The van der Waals surface area contributed by atoms with Crippen molar-refractivity contribution in [1.29, 1.82) is 0 Å². The summed E-state index contributed by atoms with van der Waals surface area (Å²) in [5.41, 5.74) is 2.25. The number of nitrogens with one attached hydrogen (secondary N) is 1. The number of methoxy groups -OCH3 is 1. The number of aryl methyl sites for hydroxylation is 1. The van der Waals surface area contributed by atoms with Crippen molar-refractivity contribution in [2.45, 2.75) is 58.6 Å². The van der Waals surface area contributed by atoms with Gasteiger partial charge in [-0.25, -0.2) is 0 Å². The maximum atomic E-state index is 6.38. The van der Waals surface area contributed by atoms with Crippen molar-refractivity contribution in [2.75, 3.05) is 13.7 Å². The van der Waals surface area contributed by atoms with Crippen LogP contribution < -0.4 is 5.32 Å². The van der Waals surface area contributed by atoms with Gasteiger partial charge in [-0.3, -0.25) is 0 Å². The fourth-order valence-electron chi connectivity index (χ4n) is 2.90. The summed E-state index contributed by atoms with van der Waals surface area (Å²) in [5, 5.41) is 4.43. The third-order valence-corrected chi connectivity index (χ3v) is 4.67. The van der Waals surface area contributed by atoms with Crippen molar-refractivity contribution in [3.05, 3.63) is 34.3 Å². The average Bonchev–Trinajstić information content (AvgIpc) is 2.44. The Kier molecular flexibility index (Phi) is 7.01. The molecule has 1 unspecified atom stereocenters. The van der Waals surface area contributed by atoms with Gasteiger partial charge in [0.05, 0.1) is 5.60 Å². The molecule has 0 aliphatic carbocycles. The van der Waals surface area contributed by atoms with Crippen LogP contribution in [0.1, 0.15) is 44.7 Å². The highest BCUT2D eigenvalue weighted by molar-refractivity contribution is 6.31. The Morgan fingerprint density at radius 1 is 1.25 bits per heavy atom. The van der Waals surface area contributed by atoms with Gasteiger partial charge < -0.3 is 10.1 Å². The Morgan fingerprint density at radius 2 is 1.90 bits per heavy atom. The molecule has 1 rings (SSSR count). The first-order valence-corrected chi connectivity index (χ1v) is 7.94. The molecule has 0 radical (unpaired) electrons. The molecule has 20 heavy (non-hydrogen) atoms. The predicted molar refractivity (Wildman–Crippen MR) is 87.7 cm³/mol. The van der Waals surface area contributed by atoms with Crippen LogP contribution in [0.4, 0.5) is 0 Å². The molecule has 0 aromatic heterocycles. The van der Waals surface area contributed by atoms with E-state index in [4.69, 9.17) is 16.3 Å². The Hall–Kier alpha value is -0.570. The van der Waals surface area contributed by atoms with E-state index in [0.29, 0.717) is 0 Å². The summed E-state index contributed by atoms with van der Waals surface area (Å²) in [7, 11) is 1.81. The normalized spacial score (nSPS) is 13.5. The Bertz CT molecular complexity index is 407. The van der Waals surface area contributed by atoms with Crippen LogP contribution in [-0.4, -0.2) is 25.3 Å². The van der Waals surface area contributed by atoms with E-state index in [2.05, 4.69) is 45.1 Å². The first-order valence-electron chi connectivity index (χ1n) is 7.56. The van der Waals surface area contributed by atoms with Crippen molar-refractivity contribution in [2.24, 2.45) is 0 Å². The fourth-order valence-corrected chi connectivity index (χ4v) is 3.21. The van der Waals surface area contributed by atoms with Gasteiger partial charge in [-0.15, -0.1) is 0 Å². The lowest BCUT2D eigenvalue weighted by Gasteiger charge is -2.39. The highest BCUT2D eigenvalue weighted by Gasteiger charge is 2.35. The fraction of sp³-hybridized carbons (Fsp3) is 0.647. The largest absolute Gasteiger partial charge is 0.377 e. The number of hydrogen-bond donors (Lipinski definition) is 1. The molecule has 2 nitrogen and oxygen atoms in total. The molecule has 1 aromatic carbocycles. The zero-order valence-electron chi connectivity index (χ0n) is 13.4. The Labute approximate surface area is 128 Å². The second kappa shape index (κ2) is 8.02. The molecule has 0 bridgehead atoms. The first-order chi connectivity index (χ1) is 9.52. The highest BCUT2D eigenvalue weighted by Crippen LogP contribution is 2.29. The summed E-state index contributed by atoms with van der Waals surface area (Å²) < 4.78 is 5.88. The SMILES string of the molecule is CCNC(Cc1ccc(C)cc1Cl)C(CC)(CC)OC. The molecule has 114 valence electrons. The molecule has 1 N–H and O–H groups in total. The molecule has 1 atom stereocenters. The summed E-state index contributed by atoms with van der Waals surface area (Å²) in [6.07, 6.45) is 2.87. The molecule has 0 spiro atoms. The molecule has 0 heterocycles. The van der Waals surface area contributed by atoms with Crippen molar-refractivity contribution in [3.8, 4) is 0 Å². The van der Waals surface area contributed by atoms with Crippen LogP contribution >= 0.6 is 11.6 Å². The van der Waals surface area contributed by atoms with Crippen LogP contribution in [-0.2, 0) is 11.2 Å². The van der Waals surface area contributed by atoms with Crippen molar-refractivity contribution >= 4 is 11.6 Å². The minimum absolute atomic E-state index is 0.135. The summed E-state index contributed by atoms with van der Waals surface area (Å²) in [5.74, 6) is 0. The number of hydrogen-bond acceptors (Lipinski definition) is 2. The van der Waals surface area contributed by atoms with E-state index < -0.39 is 0 Å². The quantitative estimate of drug-likeness (QED) is 0.769. The van der Waals surface area contributed by atoms with Gasteiger partial charge in [0.2, 0.25) is 0 Å². The lowest BCUT2D eigenvalue weighted by Crippen LogP contribution is -2.52. The maximum absolute atomic E-state index is 6.38.